The first kappa shape index (κ1) is 15.8. The molecule has 0 aliphatic heterocycles. The van der Waals surface area contributed by atoms with Gasteiger partial charge >= 0.3 is 5.97 Å². The lowest BCUT2D eigenvalue weighted by Crippen LogP contribution is -2.16. The molecule has 0 aliphatic carbocycles. The first-order valence-electron chi connectivity index (χ1n) is 6.18. The molecule has 1 aromatic heterocycles. The van der Waals surface area contributed by atoms with Gasteiger partial charge in [-0.15, -0.1) is 0 Å². The number of carbonyl (C=O) groups is 1. The minimum absolute atomic E-state index is 0.187. The summed E-state index contributed by atoms with van der Waals surface area (Å²) < 4.78 is 4.99. The van der Waals surface area contributed by atoms with E-state index in [1.54, 1.807) is 0 Å². The highest BCUT2D eigenvalue weighted by Crippen LogP contribution is 2.27. The number of methoxy groups -OCH3 is 1. The Morgan fingerprint density at radius 2 is 2.10 bits per heavy atom. The molecule has 1 heterocycles. The first-order chi connectivity index (χ1) is 10.0. The Labute approximate surface area is 131 Å². The van der Waals surface area contributed by atoms with Crippen LogP contribution in [0, 0.1) is 0 Å². The van der Waals surface area contributed by atoms with Gasteiger partial charge in [-0.1, -0.05) is 35.1 Å². The Kier molecular flexibility index (Phi) is 5.17. The molecule has 7 heteroatoms. The van der Waals surface area contributed by atoms with Crippen molar-refractivity contribution < 1.29 is 14.6 Å². The van der Waals surface area contributed by atoms with E-state index in [1.807, 2.05) is 36.2 Å². The molecular weight excluding hydrogens is 312 g/mol. The van der Waals surface area contributed by atoms with Gasteiger partial charge in [0.25, 0.3) is 0 Å². The topological polar surface area (TPSA) is 62.7 Å². The number of thiazole rings is 1. The van der Waals surface area contributed by atoms with E-state index in [0.717, 1.165) is 16.9 Å². The zero-order chi connectivity index (χ0) is 15.4. The first-order valence-corrected chi connectivity index (χ1v) is 7.38. The Morgan fingerprint density at radius 1 is 1.43 bits per heavy atom. The summed E-state index contributed by atoms with van der Waals surface area (Å²) in [6, 6.07) is 7.51. The van der Waals surface area contributed by atoms with Crippen molar-refractivity contribution in [1.29, 1.82) is 0 Å². The lowest BCUT2D eigenvalue weighted by atomic mass is 10.2. The molecular formula is C14H15ClN2O3S. The molecule has 0 spiro atoms. The fourth-order valence-corrected chi connectivity index (χ4v) is 2.83. The van der Waals surface area contributed by atoms with Gasteiger partial charge in [0.1, 0.15) is 4.88 Å². The van der Waals surface area contributed by atoms with E-state index in [2.05, 4.69) is 4.98 Å². The molecule has 0 aliphatic rings. The standard InChI is InChI=1S/C14H15ClN2O3S/c1-17(7-9-3-5-10(15)6-4-9)14-16-11(8-20-2)12(21-14)13(18)19/h3-6H,7-8H2,1-2H3,(H,18,19). The third kappa shape index (κ3) is 3.93. The van der Waals surface area contributed by atoms with Crippen molar-refractivity contribution in [2.24, 2.45) is 0 Å². The van der Waals surface area contributed by atoms with Crippen molar-refractivity contribution in [1.82, 2.24) is 4.98 Å². The van der Waals surface area contributed by atoms with Crippen LogP contribution < -0.4 is 4.90 Å². The number of benzene rings is 1. The number of aromatic nitrogens is 1. The zero-order valence-electron chi connectivity index (χ0n) is 11.7. The highest BCUT2D eigenvalue weighted by Gasteiger charge is 2.19. The number of rotatable bonds is 6. The number of aromatic carboxylic acids is 1. The van der Waals surface area contributed by atoms with Crippen molar-refractivity contribution >= 4 is 34.0 Å². The normalized spacial score (nSPS) is 10.6. The van der Waals surface area contributed by atoms with Crippen LogP contribution in [0.5, 0.6) is 0 Å². The van der Waals surface area contributed by atoms with Crippen LogP contribution in [0.2, 0.25) is 5.02 Å². The second-order valence-electron chi connectivity index (χ2n) is 4.49. The molecule has 21 heavy (non-hydrogen) atoms. The molecule has 0 atom stereocenters. The van der Waals surface area contributed by atoms with Crippen LogP contribution in [0.25, 0.3) is 0 Å². The number of halogens is 1. The third-order valence-electron chi connectivity index (χ3n) is 2.82. The molecule has 112 valence electrons. The quantitative estimate of drug-likeness (QED) is 0.882. The van der Waals surface area contributed by atoms with Crippen molar-refractivity contribution in [3.63, 3.8) is 0 Å². The van der Waals surface area contributed by atoms with E-state index in [-0.39, 0.29) is 11.5 Å². The van der Waals surface area contributed by atoms with Crippen molar-refractivity contribution in [3.8, 4) is 0 Å². The van der Waals surface area contributed by atoms with Crippen molar-refractivity contribution in [2.45, 2.75) is 13.2 Å². The Balaban J connectivity index is 2.18. The maximum Gasteiger partial charge on any atom is 0.347 e. The number of carboxylic acid groups (broad SMARTS) is 1. The van der Waals surface area contributed by atoms with Crippen LogP contribution in [-0.4, -0.2) is 30.2 Å². The van der Waals surface area contributed by atoms with Gasteiger partial charge in [0.2, 0.25) is 0 Å². The summed E-state index contributed by atoms with van der Waals surface area (Å²) >= 11 is 7.00. The van der Waals surface area contributed by atoms with Crippen LogP contribution in [0.15, 0.2) is 24.3 Å². The largest absolute Gasteiger partial charge is 0.477 e. The van der Waals surface area contributed by atoms with Crippen LogP contribution >= 0.6 is 22.9 Å². The van der Waals surface area contributed by atoms with Crippen LogP contribution in [-0.2, 0) is 17.9 Å². The molecule has 0 bridgehead atoms. The number of hydrogen-bond donors (Lipinski definition) is 1. The minimum atomic E-state index is -0.981. The molecule has 0 unspecified atom stereocenters. The SMILES string of the molecule is COCc1nc(N(C)Cc2ccc(Cl)cc2)sc1C(=O)O. The van der Waals surface area contributed by atoms with Gasteiger partial charge in [-0.2, -0.15) is 0 Å². The lowest BCUT2D eigenvalue weighted by molar-refractivity contribution is 0.0697. The van der Waals surface area contributed by atoms with Gasteiger partial charge in [0.15, 0.2) is 5.13 Å². The summed E-state index contributed by atoms with van der Waals surface area (Å²) in [6.07, 6.45) is 0. The van der Waals surface area contributed by atoms with E-state index in [1.165, 1.54) is 7.11 Å². The summed E-state index contributed by atoms with van der Waals surface area (Å²) in [6.45, 7) is 0.809. The minimum Gasteiger partial charge on any atom is -0.477 e. The van der Waals surface area contributed by atoms with E-state index >= 15 is 0 Å². The van der Waals surface area contributed by atoms with Crippen LogP contribution in [0.1, 0.15) is 20.9 Å². The molecule has 2 aromatic rings. The maximum atomic E-state index is 11.2. The Hall–Kier alpha value is -1.63. The molecule has 5 nitrogen and oxygen atoms in total. The summed E-state index contributed by atoms with van der Waals surface area (Å²) in [4.78, 5) is 17.7. The van der Waals surface area contributed by atoms with E-state index in [0.29, 0.717) is 22.4 Å². The highest BCUT2D eigenvalue weighted by atomic mass is 35.5. The fourth-order valence-electron chi connectivity index (χ4n) is 1.84. The molecule has 0 saturated heterocycles. The number of anilines is 1. The second kappa shape index (κ2) is 6.89. The van der Waals surface area contributed by atoms with Crippen LogP contribution in [0.3, 0.4) is 0 Å². The predicted molar refractivity (Wildman–Crippen MR) is 83.3 cm³/mol. The van der Waals surface area contributed by atoms with E-state index < -0.39 is 5.97 Å². The lowest BCUT2D eigenvalue weighted by Gasteiger charge is -2.15. The average molecular weight is 327 g/mol. The molecule has 0 radical (unpaired) electrons. The molecule has 0 saturated carbocycles. The van der Waals surface area contributed by atoms with E-state index in [4.69, 9.17) is 16.3 Å². The zero-order valence-corrected chi connectivity index (χ0v) is 13.2. The smallest absolute Gasteiger partial charge is 0.347 e. The Morgan fingerprint density at radius 3 is 2.67 bits per heavy atom. The Bertz CT molecular complexity index is 628. The maximum absolute atomic E-state index is 11.2. The van der Waals surface area contributed by atoms with E-state index in [9.17, 15) is 9.90 Å². The summed E-state index contributed by atoms with van der Waals surface area (Å²) in [5.41, 5.74) is 1.52. The fraction of sp³-hybridized carbons (Fsp3) is 0.286. The summed E-state index contributed by atoms with van der Waals surface area (Å²) in [5, 5.41) is 10.5. The number of ether oxygens (including phenoxy) is 1. The van der Waals surface area contributed by atoms with Crippen molar-refractivity contribution in [3.05, 3.63) is 45.4 Å². The van der Waals surface area contributed by atoms with Crippen LogP contribution in [0.4, 0.5) is 5.13 Å². The third-order valence-corrected chi connectivity index (χ3v) is 4.27. The van der Waals surface area contributed by atoms with Gasteiger partial charge < -0.3 is 14.7 Å². The van der Waals surface area contributed by atoms with Gasteiger partial charge in [-0.25, -0.2) is 9.78 Å². The van der Waals surface area contributed by atoms with Gasteiger partial charge in [-0.3, -0.25) is 0 Å². The second-order valence-corrected chi connectivity index (χ2v) is 5.91. The van der Waals surface area contributed by atoms with Crippen molar-refractivity contribution in [2.75, 3.05) is 19.1 Å². The molecule has 1 N–H and O–H groups in total. The van der Waals surface area contributed by atoms with Gasteiger partial charge in [0.05, 0.1) is 12.3 Å². The monoisotopic (exact) mass is 326 g/mol. The number of carboxylic acids is 1. The predicted octanol–water partition coefficient (Wildman–Crippen LogP) is 3.28. The molecule has 0 amide bonds. The highest BCUT2D eigenvalue weighted by molar-refractivity contribution is 7.17. The van der Waals surface area contributed by atoms with Gasteiger partial charge in [-0.05, 0) is 17.7 Å². The summed E-state index contributed by atoms with van der Waals surface area (Å²) in [7, 11) is 3.39. The molecule has 1 aromatic carbocycles. The summed E-state index contributed by atoms with van der Waals surface area (Å²) in [5.74, 6) is -0.981. The molecule has 0 fully saturated rings. The number of hydrogen-bond acceptors (Lipinski definition) is 5. The average Bonchev–Trinajstić information content (AvgIpc) is 2.86. The molecule has 2 rings (SSSR count). The van der Waals surface area contributed by atoms with Gasteiger partial charge in [0, 0.05) is 25.7 Å². The number of nitrogens with zero attached hydrogens (tertiary/aromatic N) is 2.